The van der Waals surface area contributed by atoms with Crippen molar-refractivity contribution in [3.05, 3.63) is 29.3 Å². The predicted octanol–water partition coefficient (Wildman–Crippen LogP) is 3.11. The summed E-state index contributed by atoms with van der Waals surface area (Å²) in [5, 5.41) is 3.46. The number of hydrogen-bond acceptors (Lipinski definition) is 2. The minimum atomic E-state index is 0.470. The van der Waals surface area contributed by atoms with E-state index in [1.54, 1.807) is 7.11 Å². The molecule has 0 radical (unpaired) electrons. The summed E-state index contributed by atoms with van der Waals surface area (Å²) in [6.45, 7) is 9.66. The van der Waals surface area contributed by atoms with Gasteiger partial charge in [0.15, 0.2) is 0 Å². The van der Waals surface area contributed by atoms with E-state index in [4.69, 9.17) is 4.74 Å². The van der Waals surface area contributed by atoms with Crippen molar-refractivity contribution < 1.29 is 4.74 Å². The number of methoxy groups -OCH3 is 1. The Labute approximate surface area is 99.0 Å². The molecule has 0 heterocycles. The van der Waals surface area contributed by atoms with E-state index < -0.39 is 0 Å². The molecule has 0 saturated heterocycles. The molecule has 0 bridgehead atoms. The molecule has 1 atom stereocenters. The van der Waals surface area contributed by atoms with Crippen molar-refractivity contribution in [3.8, 4) is 5.75 Å². The molecule has 0 spiro atoms. The molecular formula is C14H23NO. The van der Waals surface area contributed by atoms with Crippen molar-refractivity contribution in [2.75, 3.05) is 13.7 Å². The van der Waals surface area contributed by atoms with Crippen LogP contribution in [-0.2, 0) is 0 Å². The van der Waals surface area contributed by atoms with Crippen molar-refractivity contribution in [3.63, 3.8) is 0 Å². The van der Waals surface area contributed by atoms with Gasteiger partial charge in [0.05, 0.1) is 7.11 Å². The Hall–Kier alpha value is -1.02. The molecule has 1 N–H and O–H groups in total. The van der Waals surface area contributed by atoms with Crippen molar-refractivity contribution in [1.82, 2.24) is 5.32 Å². The third-order valence-corrected chi connectivity index (χ3v) is 2.75. The molecule has 2 heteroatoms. The lowest BCUT2D eigenvalue weighted by Gasteiger charge is -2.18. The first kappa shape index (κ1) is 13.0. The SMILES string of the molecule is COc1ccc(C)cc1C(C)CNC(C)C. The number of hydrogen-bond donors (Lipinski definition) is 1. The van der Waals surface area contributed by atoms with Gasteiger partial charge in [0.1, 0.15) is 5.75 Å². The fourth-order valence-corrected chi connectivity index (χ4v) is 1.76. The third kappa shape index (κ3) is 3.53. The lowest BCUT2D eigenvalue weighted by atomic mass is 9.98. The largest absolute Gasteiger partial charge is 0.496 e. The maximum Gasteiger partial charge on any atom is 0.122 e. The first-order valence-corrected chi connectivity index (χ1v) is 5.92. The van der Waals surface area contributed by atoms with Crippen LogP contribution in [0.2, 0.25) is 0 Å². The van der Waals surface area contributed by atoms with Gasteiger partial charge in [-0.1, -0.05) is 38.5 Å². The van der Waals surface area contributed by atoms with E-state index in [1.165, 1.54) is 11.1 Å². The number of rotatable bonds is 5. The Morgan fingerprint density at radius 2 is 1.94 bits per heavy atom. The first-order chi connectivity index (χ1) is 7.54. The molecule has 90 valence electrons. The molecule has 0 aromatic heterocycles. The van der Waals surface area contributed by atoms with Gasteiger partial charge in [-0.25, -0.2) is 0 Å². The van der Waals surface area contributed by atoms with Crippen LogP contribution >= 0.6 is 0 Å². The van der Waals surface area contributed by atoms with Gasteiger partial charge in [-0.3, -0.25) is 0 Å². The number of benzene rings is 1. The van der Waals surface area contributed by atoms with E-state index in [-0.39, 0.29) is 0 Å². The average Bonchev–Trinajstić information content (AvgIpc) is 2.25. The van der Waals surface area contributed by atoms with Gasteiger partial charge >= 0.3 is 0 Å². The van der Waals surface area contributed by atoms with Crippen LogP contribution in [0, 0.1) is 6.92 Å². The van der Waals surface area contributed by atoms with E-state index in [0.717, 1.165) is 12.3 Å². The van der Waals surface area contributed by atoms with E-state index >= 15 is 0 Å². The second-order valence-corrected chi connectivity index (χ2v) is 4.71. The molecule has 1 rings (SSSR count). The summed E-state index contributed by atoms with van der Waals surface area (Å²) in [5.74, 6) is 1.46. The Kier molecular flexibility index (Phi) is 4.81. The third-order valence-electron chi connectivity index (χ3n) is 2.75. The Bertz CT molecular complexity index is 334. The van der Waals surface area contributed by atoms with Crippen LogP contribution in [0.15, 0.2) is 18.2 Å². The molecule has 0 aliphatic heterocycles. The smallest absolute Gasteiger partial charge is 0.122 e. The highest BCUT2D eigenvalue weighted by Crippen LogP contribution is 2.27. The van der Waals surface area contributed by atoms with Gasteiger partial charge in [-0.2, -0.15) is 0 Å². The van der Waals surface area contributed by atoms with Gasteiger partial charge in [0.2, 0.25) is 0 Å². The molecule has 1 unspecified atom stereocenters. The predicted molar refractivity (Wildman–Crippen MR) is 69.3 cm³/mol. The summed E-state index contributed by atoms with van der Waals surface area (Å²) >= 11 is 0. The zero-order valence-corrected chi connectivity index (χ0v) is 11.0. The maximum absolute atomic E-state index is 5.40. The van der Waals surface area contributed by atoms with Crippen molar-refractivity contribution >= 4 is 0 Å². The first-order valence-electron chi connectivity index (χ1n) is 5.92. The zero-order chi connectivity index (χ0) is 12.1. The molecule has 1 aromatic rings. The number of nitrogens with one attached hydrogen (secondary N) is 1. The highest BCUT2D eigenvalue weighted by atomic mass is 16.5. The normalized spacial score (nSPS) is 12.9. The monoisotopic (exact) mass is 221 g/mol. The van der Waals surface area contributed by atoms with Gasteiger partial charge in [0.25, 0.3) is 0 Å². The van der Waals surface area contributed by atoms with Gasteiger partial charge in [-0.05, 0) is 24.5 Å². The van der Waals surface area contributed by atoms with Gasteiger partial charge in [-0.15, -0.1) is 0 Å². The Balaban J connectivity index is 2.80. The summed E-state index contributed by atoms with van der Waals surface area (Å²) in [5.41, 5.74) is 2.57. The molecule has 0 aliphatic carbocycles. The van der Waals surface area contributed by atoms with Crippen LogP contribution in [0.25, 0.3) is 0 Å². The lowest BCUT2D eigenvalue weighted by molar-refractivity contribution is 0.404. The summed E-state index contributed by atoms with van der Waals surface area (Å²) < 4.78 is 5.40. The molecule has 0 fully saturated rings. The standard InChI is InChI=1S/C14H23NO/c1-10(2)15-9-12(4)13-8-11(3)6-7-14(13)16-5/h6-8,10,12,15H,9H2,1-5H3. The topological polar surface area (TPSA) is 21.3 Å². The van der Waals surface area contributed by atoms with Crippen LogP contribution in [0.3, 0.4) is 0 Å². The van der Waals surface area contributed by atoms with E-state index in [9.17, 15) is 0 Å². The fourth-order valence-electron chi connectivity index (χ4n) is 1.76. The average molecular weight is 221 g/mol. The maximum atomic E-state index is 5.40. The number of ether oxygens (including phenoxy) is 1. The van der Waals surface area contributed by atoms with Crippen LogP contribution in [0.5, 0.6) is 5.75 Å². The lowest BCUT2D eigenvalue weighted by Crippen LogP contribution is -2.27. The molecule has 2 nitrogen and oxygen atoms in total. The van der Waals surface area contributed by atoms with E-state index in [2.05, 4.69) is 51.2 Å². The van der Waals surface area contributed by atoms with E-state index in [0.29, 0.717) is 12.0 Å². The summed E-state index contributed by atoms with van der Waals surface area (Å²) in [7, 11) is 1.73. The summed E-state index contributed by atoms with van der Waals surface area (Å²) in [4.78, 5) is 0. The Morgan fingerprint density at radius 1 is 1.25 bits per heavy atom. The zero-order valence-electron chi connectivity index (χ0n) is 11.0. The van der Waals surface area contributed by atoms with Crippen LogP contribution in [0.1, 0.15) is 37.8 Å². The molecule has 16 heavy (non-hydrogen) atoms. The Morgan fingerprint density at radius 3 is 2.50 bits per heavy atom. The summed E-state index contributed by atoms with van der Waals surface area (Å²) in [6, 6.07) is 6.88. The minimum absolute atomic E-state index is 0.470. The molecule has 0 saturated carbocycles. The van der Waals surface area contributed by atoms with Gasteiger partial charge < -0.3 is 10.1 Å². The molecule has 1 aromatic carbocycles. The van der Waals surface area contributed by atoms with Crippen LogP contribution in [0.4, 0.5) is 0 Å². The second-order valence-electron chi connectivity index (χ2n) is 4.71. The van der Waals surface area contributed by atoms with Crippen LogP contribution in [-0.4, -0.2) is 19.7 Å². The highest BCUT2D eigenvalue weighted by Gasteiger charge is 2.11. The fraction of sp³-hybridized carbons (Fsp3) is 0.571. The second kappa shape index (κ2) is 5.90. The van der Waals surface area contributed by atoms with Crippen molar-refractivity contribution in [1.29, 1.82) is 0 Å². The highest BCUT2D eigenvalue weighted by molar-refractivity contribution is 5.39. The van der Waals surface area contributed by atoms with Crippen molar-refractivity contribution in [2.45, 2.75) is 39.7 Å². The molecule has 0 amide bonds. The van der Waals surface area contributed by atoms with Crippen LogP contribution < -0.4 is 10.1 Å². The quantitative estimate of drug-likeness (QED) is 0.825. The van der Waals surface area contributed by atoms with Crippen molar-refractivity contribution in [2.24, 2.45) is 0 Å². The number of aryl methyl sites for hydroxylation is 1. The van der Waals surface area contributed by atoms with Gasteiger partial charge in [0, 0.05) is 12.6 Å². The minimum Gasteiger partial charge on any atom is -0.496 e. The molecule has 0 aliphatic rings. The van der Waals surface area contributed by atoms with E-state index in [1.807, 2.05) is 0 Å². The summed E-state index contributed by atoms with van der Waals surface area (Å²) in [6.07, 6.45) is 0. The molecular weight excluding hydrogens is 198 g/mol.